The van der Waals surface area contributed by atoms with Crippen molar-refractivity contribution in [3.63, 3.8) is 0 Å². The summed E-state index contributed by atoms with van der Waals surface area (Å²) in [5.74, 6) is -3.40. The van der Waals surface area contributed by atoms with Crippen LogP contribution in [0.2, 0.25) is 0 Å². The number of methoxy groups -OCH3 is 1. The molecule has 0 atom stereocenters. The predicted molar refractivity (Wildman–Crippen MR) is 136 cm³/mol. The molecule has 13 heteroatoms. The average molecular weight is 543 g/mol. The maximum atomic E-state index is 15.5. The molecule has 0 radical (unpaired) electrons. The summed E-state index contributed by atoms with van der Waals surface area (Å²) in [5, 5.41) is 0.314. The normalized spacial score (nSPS) is 14.3. The monoisotopic (exact) mass is 542 g/mol. The number of nitrogens with one attached hydrogen (secondary N) is 2. The number of hydrogen-bond donors (Lipinski definition) is 2. The van der Waals surface area contributed by atoms with Crippen LogP contribution in [0, 0.1) is 11.6 Å². The summed E-state index contributed by atoms with van der Waals surface area (Å²) in [7, 11) is -1.28. The number of halogens is 2. The SMILES string of the molecule is COc1ncc(-c2cnc3[nH]cc(C(=O)c4c(F)ccc(NS(=O)(=O)N(C)C5CCCC5)c4F)c3c2)cn1. The molecule has 3 heterocycles. The van der Waals surface area contributed by atoms with Gasteiger partial charge in [0.25, 0.3) is 0 Å². The predicted octanol–water partition coefficient (Wildman–Crippen LogP) is 4.07. The maximum absolute atomic E-state index is 15.5. The van der Waals surface area contributed by atoms with Crippen molar-refractivity contribution in [3.05, 3.63) is 65.7 Å². The Morgan fingerprint density at radius 3 is 2.47 bits per heavy atom. The van der Waals surface area contributed by atoms with E-state index in [-0.39, 0.29) is 17.6 Å². The highest BCUT2D eigenvalue weighted by Crippen LogP contribution is 2.31. The van der Waals surface area contributed by atoms with Crippen molar-refractivity contribution in [1.82, 2.24) is 24.2 Å². The minimum atomic E-state index is -4.13. The molecule has 4 aromatic rings. The third kappa shape index (κ3) is 4.70. The molecular formula is C25H24F2N6O4S. The molecule has 1 aliphatic rings. The van der Waals surface area contributed by atoms with Crippen molar-refractivity contribution >= 4 is 32.7 Å². The van der Waals surface area contributed by atoms with Gasteiger partial charge in [-0.15, -0.1) is 0 Å². The number of ether oxygens (including phenoxy) is 1. The Balaban J connectivity index is 1.49. The van der Waals surface area contributed by atoms with Crippen LogP contribution in [-0.2, 0) is 10.2 Å². The van der Waals surface area contributed by atoms with E-state index in [1.165, 1.54) is 38.9 Å². The Hall–Kier alpha value is -3.97. The lowest BCUT2D eigenvalue weighted by Gasteiger charge is -2.24. The molecular weight excluding hydrogens is 518 g/mol. The summed E-state index contributed by atoms with van der Waals surface area (Å²) in [4.78, 5) is 28.6. The first kappa shape index (κ1) is 25.7. The van der Waals surface area contributed by atoms with Crippen molar-refractivity contribution in [2.75, 3.05) is 18.9 Å². The molecule has 2 N–H and O–H groups in total. The quantitative estimate of drug-likeness (QED) is 0.321. The summed E-state index contributed by atoms with van der Waals surface area (Å²) in [5.41, 5.74) is 0.0274. The largest absolute Gasteiger partial charge is 0.467 e. The van der Waals surface area contributed by atoms with Crippen molar-refractivity contribution in [1.29, 1.82) is 0 Å². The van der Waals surface area contributed by atoms with Crippen LogP contribution in [0.15, 0.2) is 43.0 Å². The van der Waals surface area contributed by atoms with Gasteiger partial charge in [0.2, 0.25) is 5.78 Å². The Kier molecular flexibility index (Phi) is 6.80. The Morgan fingerprint density at radius 2 is 1.79 bits per heavy atom. The van der Waals surface area contributed by atoms with E-state index in [9.17, 15) is 17.6 Å². The highest BCUT2D eigenvalue weighted by molar-refractivity contribution is 7.90. The number of fused-ring (bicyclic) bond motifs is 1. The first-order chi connectivity index (χ1) is 18.2. The van der Waals surface area contributed by atoms with E-state index in [1.54, 1.807) is 6.07 Å². The van der Waals surface area contributed by atoms with E-state index in [1.807, 2.05) is 0 Å². The van der Waals surface area contributed by atoms with Gasteiger partial charge in [-0.2, -0.15) is 12.7 Å². The molecule has 10 nitrogen and oxygen atoms in total. The smallest absolute Gasteiger partial charge is 0.316 e. The molecule has 1 saturated carbocycles. The fraction of sp³-hybridized carbons (Fsp3) is 0.280. The lowest BCUT2D eigenvalue weighted by atomic mass is 10.0. The average Bonchev–Trinajstić information content (AvgIpc) is 3.60. The van der Waals surface area contributed by atoms with Gasteiger partial charge >= 0.3 is 16.2 Å². The highest BCUT2D eigenvalue weighted by Gasteiger charge is 2.31. The van der Waals surface area contributed by atoms with Gasteiger partial charge in [0.1, 0.15) is 11.5 Å². The first-order valence-corrected chi connectivity index (χ1v) is 13.3. The van der Waals surface area contributed by atoms with Gasteiger partial charge in [-0.1, -0.05) is 12.8 Å². The molecule has 0 bridgehead atoms. The highest BCUT2D eigenvalue weighted by atomic mass is 32.2. The third-order valence-electron chi connectivity index (χ3n) is 6.69. The van der Waals surface area contributed by atoms with E-state index in [4.69, 9.17) is 4.74 Å². The second-order valence-electron chi connectivity index (χ2n) is 8.96. The summed E-state index contributed by atoms with van der Waals surface area (Å²) < 4.78 is 64.3. The number of aromatic amines is 1. The number of rotatable bonds is 8. The van der Waals surface area contributed by atoms with Crippen molar-refractivity contribution in [2.45, 2.75) is 31.7 Å². The third-order valence-corrected chi connectivity index (χ3v) is 8.23. The van der Waals surface area contributed by atoms with Gasteiger partial charge in [-0.3, -0.25) is 9.52 Å². The van der Waals surface area contributed by atoms with Crippen LogP contribution in [-0.4, -0.2) is 58.6 Å². The van der Waals surface area contributed by atoms with Gasteiger partial charge in [0.05, 0.1) is 18.4 Å². The molecule has 198 valence electrons. The molecule has 1 aliphatic carbocycles. The molecule has 0 unspecified atom stereocenters. The Labute approximate surface area is 217 Å². The number of aromatic nitrogens is 4. The van der Waals surface area contributed by atoms with Crippen molar-refractivity contribution in [3.8, 4) is 17.1 Å². The molecule has 0 amide bonds. The van der Waals surface area contributed by atoms with Crippen LogP contribution in [0.5, 0.6) is 6.01 Å². The number of ketones is 1. The molecule has 0 saturated heterocycles. The molecule has 3 aromatic heterocycles. The maximum Gasteiger partial charge on any atom is 0.316 e. The second kappa shape index (κ2) is 10.1. The van der Waals surface area contributed by atoms with Crippen LogP contribution in [0.1, 0.15) is 41.6 Å². The molecule has 1 fully saturated rings. The van der Waals surface area contributed by atoms with Gasteiger partial charge in [-0.25, -0.2) is 23.7 Å². The summed E-state index contributed by atoms with van der Waals surface area (Å²) in [6, 6.07) is 3.41. The number of pyridine rings is 1. The Bertz CT molecular complexity index is 1620. The molecule has 0 aliphatic heterocycles. The number of benzene rings is 1. The van der Waals surface area contributed by atoms with Crippen LogP contribution < -0.4 is 9.46 Å². The van der Waals surface area contributed by atoms with Crippen LogP contribution in [0.4, 0.5) is 14.5 Å². The zero-order chi connectivity index (χ0) is 27.0. The topological polar surface area (TPSA) is 130 Å². The molecule has 0 spiro atoms. The zero-order valence-electron chi connectivity index (χ0n) is 20.5. The first-order valence-electron chi connectivity index (χ1n) is 11.8. The fourth-order valence-corrected chi connectivity index (χ4v) is 5.75. The second-order valence-corrected chi connectivity index (χ2v) is 10.7. The van der Waals surface area contributed by atoms with E-state index in [2.05, 4.69) is 24.7 Å². The number of carbonyl (C=O) groups is 1. The zero-order valence-corrected chi connectivity index (χ0v) is 21.3. The summed E-state index contributed by atoms with van der Waals surface area (Å²) in [6.45, 7) is 0. The van der Waals surface area contributed by atoms with Gasteiger partial charge in [0.15, 0.2) is 5.82 Å². The number of nitrogens with zero attached hydrogens (tertiary/aromatic N) is 4. The van der Waals surface area contributed by atoms with E-state index < -0.39 is 38.9 Å². The minimum Gasteiger partial charge on any atom is -0.467 e. The lowest BCUT2D eigenvalue weighted by Crippen LogP contribution is -2.39. The number of hydrogen-bond acceptors (Lipinski definition) is 7. The number of H-pyrrole nitrogens is 1. The fourth-order valence-electron chi connectivity index (χ4n) is 4.57. The van der Waals surface area contributed by atoms with Gasteiger partial charge in [0, 0.05) is 60.0 Å². The van der Waals surface area contributed by atoms with Gasteiger partial charge in [-0.05, 0) is 31.0 Å². The number of carbonyl (C=O) groups excluding carboxylic acids is 1. The van der Waals surface area contributed by atoms with E-state index >= 15 is 4.39 Å². The van der Waals surface area contributed by atoms with Crippen LogP contribution in [0.25, 0.3) is 22.2 Å². The van der Waals surface area contributed by atoms with Crippen LogP contribution in [0.3, 0.4) is 0 Å². The van der Waals surface area contributed by atoms with E-state index in [0.717, 1.165) is 29.3 Å². The van der Waals surface area contributed by atoms with Crippen molar-refractivity contribution in [2.24, 2.45) is 0 Å². The van der Waals surface area contributed by atoms with Crippen LogP contribution >= 0.6 is 0 Å². The molecule has 1 aromatic carbocycles. The van der Waals surface area contributed by atoms with Crippen molar-refractivity contribution < 1.29 is 26.7 Å². The van der Waals surface area contributed by atoms with E-state index in [0.29, 0.717) is 35.0 Å². The minimum absolute atomic E-state index is 0.0374. The lowest BCUT2D eigenvalue weighted by molar-refractivity contribution is 0.103. The Morgan fingerprint density at radius 1 is 1.11 bits per heavy atom. The molecule has 38 heavy (non-hydrogen) atoms. The number of anilines is 1. The summed E-state index contributed by atoms with van der Waals surface area (Å²) in [6.07, 6.45) is 9.08. The standard InChI is InChI=1S/C25H24F2N6O4S/c1-33(16-5-3-4-6-16)38(35,36)32-20-8-7-19(26)21(22(20)27)23(34)18-13-29-24-17(18)9-14(10-28-24)15-11-30-25(37-2)31-12-15/h7-13,16,32H,3-6H2,1-2H3,(H,28,29). The summed E-state index contributed by atoms with van der Waals surface area (Å²) >= 11 is 0. The molecule has 5 rings (SSSR count). The van der Waals surface area contributed by atoms with Gasteiger partial charge < -0.3 is 9.72 Å².